The Kier molecular flexibility index (Phi) is 3.39. The highest BCUT2D eigenvalue weighted by molar-refractivity contribution is 5.39. The van der Waals surface area contributed by atoms with Gasteiger partial charge in [-0.1, -0.05) is 6.92 Å². The normalized spacial score (nSPS) is 9.86. The topological polar surface area (TPSA) is 52.4 Å². The third kappa shape index (κ3) is 2.42. The van der Waals surface area contributed by atoms with Crippen LogP contribution in [0.25, 0.3) is 0 Å². The predicted octanol–water partition coefficient (Wildman–Crippen LogP) is 2.52. The molecule has 0 atom stereocenters. The second kappa shape index (κ2) is 4.55. The molecule has 0 aromatic heterocycles. The molecule has 5 heteroatoms. The maximum Gasteiger partial charge on any atom is 0.273 e. The van der Waals surface area contributed by atoms with Crippen LogP contribution in [0.3, 0.4) is 0 Å². The Balaban J connectivity index is 2.90. The Hall–Kier alpha value is -1.65. The average molecular weight is 199 g/mol. The summed E-state index contributed by atoms with van der Waals surface area (Å²) in [5, 5.41) is 10.4. The van der Waals surface area contributed by atoms with Crippen molar-refractivity contribution in [2.75, 3.05) is 6.61 Å². The predicted molar refractivity (Wildman–Crippen MR) is 48.8 cm³/mol. The van der Waals surface area contributed by atoms with E-state index in [2.05, 4.69) is 0 Å². The number of halogens is 1. The van der Waals surface area contributed by atoms with Gasteiger partial charge in [0, 0.05) is 6.07 Å². The molecule has 1 aromatic carbocycles. The zero-order valence-corrected chi connectivity index (χ0v) is 7.70. The monoisotopic (exact) mass is 199 g/mol. The standard InChI is InChI=1S/C9H10FNO3/c1-2-5-14-9-6-7(11(12)13)3-4-8(9)10/h3-4,6H,2,5H2,1H3. The number of rotatable bonds is 4. The first kappa shape index (κ1) is 10.4. The highest BCUT2D eigenvalue weighted by Crippen LogP contribution is 2.23. The highest BCUT2D eigenvalue weighted by Gasteiger charge is 2.11. The van der Waals surface area contributed by atoms with Crippen molar-refractivity contribution in [3.8, 4) is 5.75 Å². The van der Waals surface area contributed by atoms with Gasteiger partial charge in [-0.25, -0.2) is 4.39 Å². The molecule has 0 heterocycles. The number of non-ortho nitro benzene ring substituents is 1. The number of nitro groups is 1. The zero-order chi connectivity index (χ0) is 10.6. The Morgan fingerprint density at radius 1 is 1.57 bits per heavy atom. The Labute approximate surface area is 80.5 Å². The van der Waals surface area contributed by atoms with Crippen LogP contribution in [0.4, 0.5) is 10.1 Å². The smallest absolute Gasteiger partial charge is 0.273 e. The fourth-order valence-corrected chi connectivity index (χ4v) is 0.928. The summed E-state index contributed by atoms with van der Waals surface area (Å²) in [5.74, 6) is -0.648. The SMILES string of the molecule is CCCOc1cc([N+](=O)[O-])ccc1F. The number of hydrogen-bond acceptors (Lipinski definition) is 3. The molecule has 0 amide bonds. The molecule has 0 spiro atoms. The van der Waals surface area contributed by atoms with E-state index in [1.54, 1.807) is 0 Å². The van der Waals surface area contributed by atoms with Crippen molar-refractivity contribution >= 4 is 5.69 Å². The van der Waals surface area contributed by atoms with Crippen molar-refractivity contribution < 1.29 is 14.1 Å². The third-order valence-electron chi connectivity index (χ3n) is 1.59. The number of benzene rings is 1. The molecule has 0 N–H and O–H groups in total. The molecule has 0 radical (unpaired) electrons. The minimum atomic E-state index is -0.585. The first-order chi connectivity index (χ1) is 6.65. The van der Waals surface area contributed by atoms with E-state index in [1.807, 2.05) is 6.92 Å². The molecule has 0 aliphatic heterocycles. The van der Waals surface area contributed by atoms with E-state index >= 15 is 0 Å². The summed E-state index contributed by atoms with van der Waals surface area (Å²) in [6.45, 7) is 2.22. The van der Waals surface area contributed by atoms with E-state index in [0.29, 0.717) is 6.61 Å². The minimum Gasteiger partial charge on any atom is -0.490 e. The molecule has 14 heavy (non-hydrogen) atoms. The van der Waals surface area contributed by atoms with E-state index in [4.69, 9.17) is 4.74 Å². The first-order valence-electron chi connectivity index (χ1n) is 4.22. The molecule has 0 saturated heterocycles. The summed E-state index contributed by atoms with van der Waals surface area (Å²) in [7, 11) is 0. The van der Waals surface area contributed by atoms with Gasteiger partial charge in [-0.2, -0.15) is 0 Å². The van der Waals surface area contributed by atoms with Crippen molar-refractivity contribution in [2.45, 2.75) is 13.3 Å². The van der Waals surface area contributed by atoms with Gasteiger partial charge in [0.25, 0.3) is 5.69 Å². The Morgan fingerprint density at radius 3 is 2.86 bits per heavy atom. The molecule has 1 aromatic rings. The number of nitro benzene ring substituents is 1. The summed E-state index contributed by atoms with van der Waals surface area (Å²) in [4.78, 5) is 9.78. The average Bonchev–Trinajstić information content (AvgIpc) is 2.16. The Bertz CT molecular complexity index is 341. The minimum absolute atomic E-state index is 0.0685. The van der Waals surface area contributed by atoms with Gasteiger partial charge in [0.15, 0.2) is 11.6 Å². The van der Waals surface area contributed by atoms with Crippen LogP contribution in [-0.2, 0) is 0 Å². The Morgan fingerprint density at radius 2 is 2.29 bits per heavy atom. The van der Waals surface area contributed by atoms with Gasteiger partial charge in [-0.15, -0.1) is 0 Å². The lowest BCUT2D eigenvalue weighted by molar-refractivity contribution is -0.385. The fourth-order valence-electron chi connectivity index (χ4n) is 0.928. The van der Waals surface area contributed by atoms with Crippen molar-refractivity contribution in [3.05, 3.63) is 34.1 Å². The van der Waals surface area contributed by atoms with Gasteiger partial charge in [0.2, 0.25) is 0 Å². The van der Waals surface area contributed by atoms with E-state index in [9.17, 15) is 14.5 Å². The van der Waals surface area contributed by atoms with Gasteiger partial charge < -0.3 is 4.74 Å². The molecule has 0 aliphatic rings. The van der Waals surface area contributed by atoms with Crippen LogP contribution in [-0.4, -0.2) is 11.5 Å². The quantitative estimate of drug-likeness (QED) is 0.553. The van der Waals surface area contributed by atoms with Crippen LogP contribution in [0.15, 0.2) is 18.2 Å². The lowest BCUT2D eigenvalue weighted by Crippen LogP contribution is -1.98. The zero-order valence-electron chi connectivity index (χ0n) is 7.70. The lowest BCUT2D eigenvalue weighted by atomic mass is 10.3. The van der Waals surface area contributed by atoms with E-state index in [-0.39, 0.29) is 11.4 Å². The van der Waals surface area contributed by atoms with Crippen LogP contribution in [0.5, 0.6) is 5.75 Å². The van der Waals surface area contributed by atoms with Crippen molar-refractivity contribution in [3.63, 3.8) is 0 Å². The van der Waals surface area contributed by atoms with Crippen LogP contribution in [0, 0.1) is 15.9 Å². The second-order valence-electron chi connectivity index (χ2n) is 2.72. The van der Waals surface area contributed by atoms with Crippen LogP contribution in [0.2, 0.25) is 0 Å². The molecule has 76 valence electrons. The fraction of sp³-hybridized carbons (Fsp3) is 0.333. The van der Waals surface area contributed by atoms with Crippen LogP contribution >= 0.6 is 0 Å². The van der Waals surface area contributed by atoms with Gasteiger partial charge in [0.1, 0.15) is 0 Å². The lowest BCUT2D eigenvalue weighted by Gasteiger charge is -2.04. The highest BCUT2D eigenvalue weighted by atomic mass is 19.1. The number of hydrogen-bond donors (Lipinski definition) is 0. The molecule has 4 nitrogen and oxygen atoms in total. The van der Waals surface area contributed by atoms with Gasteiger partial charge in [-0.3, -0.25) is 10.1 Å². The molecule has 0 aliphatic carbocycles. The van der Waals surface area contributed by atoms with Gasteiger partial charge >= 0.3 is 0 Å². The summed E-state index contributed by atoms with van der Waals surface area (Å²) < 4.78 is 18.0. The third-order valence-corrected chi connectivity index (χ3v) is 1.59. The summed E-state index contributed by atoms with van der Waals surface area (Å²) in [6.07, 6.45) is 0.724. The molecular formula is C9H10FNO3. The molecule has 0 fully saturated rings. The summed E-state index contributed by atoms with van der Waals surface area (Å²) in [6, 6.07) is 3.22. The second-order valence-corrected chi connectivity index (χ2v) is 2.72. The summed E-state index contributed by atoms with van der Waals surface area (Å²) >= 11 is 0. The van der Waals surface area contributed by atoms with Crippen molar-refractivity contribution in [1.29, 1.82) is 0 Å². The van der Waals surface area contributed by atoms with Crippen molar-refractivity contribution in [1.82, 2.24) is 0 Å². The molecule has 0 saturated carbocycles. The molecule has 0 bridgehead atoms. The van der Waals surface area contributed by atoms with Crippen LogP contribution in [0.1, 0.15) is 13.3 Å². The largest absolute Gasteiger partial charge is 0.490 e. The molecule has 1 rings (SSSR count). The molecule has 0 unspecified atom stereocenters. The van der Waals surface area contributed by atoms with Crippen molar-refractivity contribution in [2.24, 2.45) is 0 Å². The van der Waals surface area contributed by atoms with Crippen LogP contribution < -0.4 is 4.74 Å². The maximum atomic E-state index is 13.0. The van der Waals surface area contributed by atoms with Gasteiger partial charge in [0.05, 0.1) is 17.6 Å². The van der Waals surface area contributed by atoms with E-state index in [1.165, 1.54) is 0 Å². The van der Waals surface area contributed by atoms with E-state index < -0.39 is 10.7 Å². The van der Waals surface area contributed by atoms with Gasteiger partial charge in [-0.05, 0) is 12.5 Å². The first-order valence-corrected chi connectivity index (χ1v) is 4.22. The number of nitrogens with zero attached hydrogens (tertiary/aromatic N) is 1. The van der Waals surface area contributed by atoms with E-state index in [0.717, 1.165) is 24.6 Å². The number of ether oxygens (including phenoxy) is 1. The summed E-state index contributed by atoms with van der Waals surface area (Å²) in [5.41, 5.74) is -0.169. The molecular weight excluding hydrogens is 189 g/mol. The maximum absolute atomic E-state index is 13.0.